The summed E-state index contributed by atoms with van der Waals surface area (Å²) >= 11 is 0. The van der Waals surface area contributed by atoms with Gasteiger partial charge in [-0.25, -0.2) is 9.13 Å². The molecule has 19 heteroatoms. The highest BCUT2D eigenvalue weighted by Gasteiger charge is 2.30. The molecule has 0 saturated carbocycles. The van der Waals surface area contributed by atoms with Gasteiger partial charge in [-0.1, -0.05) is 278 Å². The molecule has 2 unspecified atom stereocenters. The molecule has 0 aromatic rings. The molecule has 0 aromatic carbocycles. The number of hydrogen-bond donors (Lipinski definition) is 3. The Kier molecular flexibility index (Phi) is 57.7. The average molecular weight is 1230 g/mol. The van der Waals surface area contributed by atoms with Gasteiger partial charge in [0.15, 0.2) is 12.2 Å². The topological polar surface area (TPSA) is 237 Å². The summed E-state index contributed by atoms with van der Waals surface area (Å²) in [5, 5.41) is 10.5. The molecule has 0 heterocycles. The van der Waals surface area contributed by atoms with Gasteiger partial charge in [-0.15, -0.1) is 0 Å². The zero-order valence-corrected chi connectivity index (χ0v) is 54.9. The van der Waals surface area contributed by atoms with Gasteiger partial charge in [0, 0.05) is 25.7 Å². The van der Waals surface area contributed by atoms with Crippen molar-refractivity contribution in [2.45, 2.75) is 348 Å². The maximum atomic E-state index is 13.0. The van der Waals surface area contributed by atoms with Crippen LogP contribution in [0.25, 0.3) is 0 Å². The lowest BCUT2D eigenvalue weighted by Gasteiger charge is -2.21. The van der Waals surface area contributed by atoms with Crippen LogP contribution in [0.4, 0.5) is 0 Å². The smallest absolute Gasteiger partial charge is 0.462 e. The quantitative estimate of drug-likeness (QED) is 0.0222. The number of phosphoric acid groups is 2. The molecule has 0 aliphatic rings. The summed E-state index contributed by atoms with van der Waals surface area (Å²) in [6, 6.07) is 0. The van der Waals surface area contributed by atoms with Gasteiger partial charge in [-0.2, -0.15) is 0 Å². The highest BCUT2D eigenvalue weighted by atomic mass is 31.2. The van der Waals surface area contributed by atoms with Crippen LogP contribution in [0.15, 0.2) is 0 Å². The lowest BCUT2D eigenvalue weighted by atomic mass is 10.0. The Morgan fingerprint density at radius 1 is 0.289 bits per heavy atom. The average Bonchev–Trinajstić information content (AvgIpc) is 3.47. The molecule has 0 radical (unpaired) electrons. The number of ether oxygens (including phenoxy) is 4. The molecule has 0 bridgehead atoms. The standard InChI is InChI=1S/C64H124O17P2/c1-5-9-13-17-21-24-27-29-30-32-35-39-43-47-51-64(69)81-60(55-75-62(67)49-45-41-37-34-31-28-25-22-18-14-10-6-2)57-79-83(72,73)77-53-58(65)52-76-82(70,71)78-56-59(54-74-61(66)48-44-40-36-20-16-12-8-4)80-63(68)50-46-42-38-33-26-23-19-15-11-7-3/h58-60,65H,5-57H2,1-4H3,(H,70,71)(H,72,73)/t58-,59+,60+/m0/s1. The monoisotopic (exact) mass is 1230 g/mol. The number of unbranched alkanes of at least 4 members (excludes halogenated alkanes) is 39. The van der Waals surface area contributed by atoms with E-state index < -0.39 is 97.5 Å². The van der Waals surface area contributed by atoms with Crippen molar-refractivity contribution in [1.82, 2.24) is 0 Å². The van der Waals surface area contributed by atoms with Crippen LogP contribution in [0, 0.1) is 0 Å². The van der Waals surface area contributed by atoms with Crippen molar-refractivity contribution in [2.24, 2.45) is 0 Å². The fourth-order valence-corrected chi connectivity index (χ4v) is 11.2. The van der Waals surface area contributed by atoms with Crippen molar-refractivity contribution in [3.05, 3.63) is 0 Å². The molecule has 0 fully saturated rings. The maximum absolute atomic E-state index is 13.0. The summed E-state index contributed by atoms with van der Waals surface area (Å²) in [7, 11) is -9.88. The molecule has 3 N–H and O–H groups in total. The maximum Gasteiger partial charge on any atom is 0.472 e. The molecule has 0 aromatic heterocycles. The van der Waals surface area contributed by atoms with Crippen LogP contribution in [0.3, 0.4) is 0 Å². The Morgan fingerprint density at radius 2 is 0.482 bits per heavy atom. The Bertz CT molecular complexity index is 1600. The summed E-state index contributed by atoms with van der Waals surface area (Å²) in [5.41, 5.74) is 0. The molecule has 17 nitrogen and oxygen atoms in total. The van der Waals surface area contributed by atoms with Crippen LogP contribution in [0.2, 0.25) is 0 Å². The van der Waals surface area contributed by atoms with Gasteiger partial charge in [0.2, 0.25) is 0 Å². The molecule has 0 aliphatic heterocycles. The molecule has 0 amide bonds. The van der Waals surface area contributed by atoms with Gasteiger partial charge < -0.3 is 33.8 Å². The number of carbonyl (C=O) groups is 4. The molecule has 492 valence electrons. The molecule has 0 rings (SSSR count). The number of aliphatic hydroxyl groups excluding tert-OH is 1. The van der Waals surface area contributed by atoms with E-state index in [9.17, 15) is 43.2 Å². The summed E-state index contributed by atoms with van der Waals surface area (Å²) in [6.45, 7) is 4.85. The number of rotatable bonds is 65. The van der Waals surface area contributed by atoms with Crippen molar-refractivity contribution < 1.29 is 80.2 Å². The molecule has 83 heavy (non-hydrogen) atoms. The first kappa shape index (κ1) is 81.1. The molecular weight excluding hydrogens is 1100 g/mol. The number of hydrogen-bond acceptors (Lipinski definition) is 15. The van der Waals surface area contributed by atoms with Crippen molar-refractivity contribution >= 4 is 39.5 Å². The van der Waals surface area contributed by atoms with Crippen LogP contribution >= 0.6 is 15.6 Å². The molecule has 0 aliphatic carbocycles. The van der Waals surface area contributed by atoms with Gasteiger partial charge in [0.1, 0.15) is 19.3 Å². The van der Waals surface area contributed by atoms with Crippen molar-refractivity contribution in [3.8, 4) is 0 Å². The van der Waals surface area contributed by atoms with E-state index in [0.717, 1.165) is 103 Å². The minimum atomic E-state index is -4.94. The van der Waals surface area contributed by atoms with Gasteiger partial charge >= 0.3 is 39.5 Å². The zero-order valence-electron chi connectivity index (χ0n) is 53.2. The Balaban J connectivity index is 5.21. The number of esters is 4. The molecule has 0 saturated heterocycles. The number of phosphoric ester groups is 2. The second kappa shape index (κ2) is 59.0. The largest absolute Gasteiger partial charge is 0.472 e. The van der Waals surface area contributed by atoms with Gasteiger partial charge in [-0.05, 0) is 25.7 Å². The van der Waals surface area contributed by atoms with E-state index in [4.69, 9.17) is 37.0 Å². The third-order valence-electron chi connectivity index (χ3n) is 14.9. The predicted molar refractivity (Wildman–Crippen MR) is 331 cm³/mol. The summed E-state index contributed by atoms with van der Waals surface area (Å²) < 4.78 is 67.9. The zero-order chi connectivity index (χ0) is 61.2. The fraction of sp³-hybridized carbons (Fsp3) is 0.938. The lowest BCUT2D eigenvalue weighted by Crippen LogP contribution is -2.30. The Labute approximate surface area is 505 Å². The highest BCUT2D eigenvalue weighted by molar-refractivity contribution is 7.47. The SMILES string of the molecule is CCCCCCCCCCCCCCCCC(=O)O[C@H](COC(=O)CCCCCCCCCCCCCC)COP(=O)(O)OC[C@@H](O)COP(=O)(O)OC[C@@H](COC(=O)CCCCCCCCC)OC(=O)CCCCCCCCCCCC. The van der Waals surface area contributed by atoms with E-state index in [1.54, 1.807) is 0 Å². The third-order valence-corrected chi connectivity index (χ3v) is 16.8. The minimum Gasteiger partial charge on any atom is -0.462 e. The van der Waals surface area contributed by atoms with Crippen molar-refractivity contribution in [2.75, 3.05) is 39.6 Å². The van der Waals surface area contributed by atoms with Crippen LogP contribution < -0.4 is 0 Å². The van der Waals surface area contributed by atoms with Crippen LogP contribution in [0.5, 0.6) is 0 Å². The first-order chi connectivity index (χ1) is 40.2. The summed E-state index contributed by atoms with van der Waals surface area (Å²) in [6.07, 6.45) is 44.4. The first-order valence-corrected chi connectivity index (χ1v) is 36.8. The van der Waals surface area contributed by atoms with Crippen molar-refractivity contribution in [3.63, 3.8) is 0 Å². The second-order valence-corrected chi connectivity index (χ2v) is 26.1. The number of carbonyl (C=O) groups excluding carboxylic acids is 4. The molecular formula is C64H124O17P2. The van der Waals surface area contributed by atoms with E-state index in [0.29, 0.717) is 25.7 Å². The minimum absolute atomic E-state index is 0.106. The third kappa shape index (κ3) is 58.8. The van der Waals surface area contributed by atoms with E-state index in [1.165, 1.54) is 148 Å². The van der Waals surface area contributed by atoms with E-state index in [-0.39, 0.29) is 25.7 Å². The van der Waals surface area contributed by atoms with Gasteiger partial charge in [0.25, 0.3) is 0 Å². The van der Waals surface area contributed by atoms with Crippen LogP contribution in [0.1, 0.15) is 329 Å². The highest BCUT2D eigenvalue weighted by Crippen LogP contribution is 2.45. The molecule has 0 spiro atoms. The van der Waals surface area contributed by atoms with Gasteiger partial charge in [-0.3, -0.25) is 37.3 Å². The Morgan fingerprint density at radius 3 is 0.711 bits per heavy atom. The van der Waals surface area contributed by atoms with Crippen LogP contribution in [-0.2, 0) is 65.4 Å². The van der Waals surface area contributed by atoms with E-state index in [2.05, 4.69) is 27.7 Å². The molecule has 5 atom stereocenters. The fourth-order valence-electron chi connectivity index (χ4n) is 9.63. The van der Waals surface area contributed by atoms with Crippen LogP contribution in [-0.4, -0.2) is 96.7 Å². The van der Waals surface area contributed by atoms with E-state index >= 15 is 0 Å². The van der Waals surface area contributed by atoms with E-state index in [1.807, 2.05) is 0 Å². The Hall–Kier alpha value is -1.94. The lowest BCUT2D eigenvalue weighted by molar-refractivity contribution is -0.161. The van der Waals surface area contributed by atoms with Crippen molar-refractivity contribution in [1.29, 1.82) is 0 Å². The van der Waals surface area contributed by atoms with Gasteiger partial charge in [0.05, 0.1) is 26.4 Å². The normalized spacial score (nSPS) is 14.2. The summed E-state index contributed by atoms with van der Waals surface area (Å²) in [5.74, 6) is -2.13. The summed E-state index contributed by atoms with van der Waals surface area (Å²) in [4.78, 5) is 72.1. The first-order valence-electron chi connectivity index (χ1n) is 33.8. The number of aliphatic hydroxyl groups is 1. The second-order valence-electron chi connectivity index (χ2n) is 23.2. The predicted octanol–water partition coefficient (Wildman–Crippen LogP) is 17.9.